The Hall–Kier alpha value is -2.46. The fourth-order valence-corrected chi connectivity index (χ4v) is 2.30. The van der Waals surface area contributed by atoms with Crippen LogP contribution in [0.5, 0.6) is 0 Å². The van der Waals surface area contributed by atoms with Gasteiger partial charge in [0.15, 0.2) is 0 Å². The van der Waals surface area contributed by atoms with E-state index in [2.05, 4.69) is 10.3 Å². The van der Waals surface area contributed by atoms with Crippen molar-refractivity contribution in [3.8, 4) is 0 Å². The summed E-state index contributed by atoms with van der Waals surface area (Å²) in [6.07, 6.45) is 1.67. The molecule has 21 heavy (non-hydrogen) atoms. The summed E-state index contributed by atoms with van der Waals surface area (Å²) in [5.41, 5.74) is 1.58. The molecule has 0 atom stereocenters. The van der Waals surface area contributed by atoms with Crippen molar-refractivity contribution in [2.75, 3.05) is 5.32 Å². The number of hydrogen-bond donors (Lipinski definition) is 1. The molecule has 5 heteroatoms. The van der Waals surface area contributed by atoms with Gasteiger partial charge in [0.1, 0.15) is 5.82 Å². The number of amides is 1. The largest absolute Gasteiger partial charge is 0.321 e. The highest BCUT2D eigenvalue weighted by molar-refractivity contribution is 6.34. The summed E-state index contributed by atoms with van der Waals surface area (Å²) < 4.78 is 13.0. The van der Waals surface area contributed by atoms with Crippen LogP contribution in [0.4, 0.5) is 10.1 Å². The summed E-state index contributed by atoms with van der Waals surface area (Å²) in [5.74, 6) is -0.769. The van der Waals surface area contributed by atoms with Gasteiger partial charge in [-0.1, -0.05) is 23.7 Å². The third-order valence-corrected chi connectivity index (χ3v) is 3.38. The number of rotatable bonds is 2. The van der Waals surface area contributed by atoms with Gasteiger partial charge in [0.25, 0.3) is 5.91 Å². The molecule has 0 aliphatic rings. The van der Waals surface area contributed by atoms with E-state index in [1.54, 1.807) is 24.4 Å². The number of carbonyl (C=O) groups is 1. The van der Waals surface area contributed by atoms with Crippen LogP contribution in [0.15, 0.2) is 54.7 Å². The van der Waals surface area contributed by atoms with E-state index in [0.717, 1.165) is 17.0 Å². The first-order chi connectivity index (χ1) is 10.1. The molecule has 0 bridgehead atoms. The van der Waals surface area contributed by atoms with Gasteiger partial charge >= 0.3 is 0 Å². The van der Waals surface area contributed by atoms with Gasteiger partial charge in [0.05, 0.1) is 16.2 Å². The van der Waals surface area contributed by atoms with Crippen molar-refractivity contribution in [3.05, 3.63) is 71.1 Å². The van der Waals surface area contributed by atoms with Crippen molar-refractivity contribution in [2.45, 2.75) is 0 Å². The molecule has 1 N–H and O–H groups in total. The molecule has 1 aromatic heterocycles. The van der Waals surface area contributed by atoms with E-state index >= 15 is 0 Å². The molecule has 3 aromatic rings. The van der Waals surface area contributed by atoms with Gasteiger partial charge in [-0.05, 0) is 36.4 Å². The molecule has 3 rings (SSSR count). The Bertz CT molecular complexity index is 830. The lowest BCUT2D eigenvalue weighted by Crippen LogP contribution is -2.12. The molecule has 0 radical (unpaired) electrons. The Morgan fingerprint density at radius 2 is 2.00 bits per heavy atom. The van der Waals surface area contributed by atoms with Crippen LogP contribution in [-0.2, 0) is 0 Å². The lowest BCUT2D eigenvalue weighted by molar-refractivity contribution is 0.102. The van der Waals surface area contributed by atoms with Crippen molar-refractivity contribution in [2.24, 2.45) is 0 Å². The monoisotopic (exact) mass is 300 g/mol. The van der Waals surface area contributed by atoms with Gasteiger partial charge in [0.2, 0.25) is 0 Å². The number of fused-ring (bicyclic) bond motifs is 1. The van der Waals surface area contributed by atoms with Gasteiger partial charge in [-0.3, -0.25) is 9.78 Å². The van der Waals surface area contributed by atoms with E-state index < -0.39 is 5.82 Å². The second-order valence-electron chi connectivity index (χ2n) is 4.45. The highest BCUT2D eigenvalue weighted by atomic mass is 35.5. The standard InChI is InChI=1S/C16H10ClFN2O/c17-13-9-10(18)6-7-15(13)20-16(21)12-3-1-5-14-11(12)4-2-8-19-14/h1-9H,(H,20,21). The third kappa shape index (κ3) is 2.71. The average molecular weight is 301 g/mol. The van der Waals surface area contributed by atoms with Crippen molar-refractivity contribution in [1.29, 1.82) is 0 Å². The summed E-state index contributed by atoms with van der Waals surface area (Å²) in [6, 6.07) is 12.7. The van der Waals surface area contributed by atoms with Crippen LogP contribution in [0.2, 0.25) is 5.02 Å². The topological polar surface area (TPSA) is 42.0 Å². The van der Waals surface area contributed by atoms with Gasteiger partial charge in [-0.15, -0.1) is 0 Å². The van der Waals surface area contributed by atoms with Gasteiger partial charge in [-0.2, -0.15) is 0 Å². The normalized spacial score (nSPS) is 10.6. The molecule has 0 saturated heterocycles. The highest BCUT2D eigenvalue weighted by Crippen LogP contribution is 2.24. The van der Waals surface area contributed by atoms with Crippen molar-refractivity contribution in [1.82, 2.24) is 4.98 Å². The molecule has 0 aliphatic heterocycles. The number of pyridine rings is 1. The average Bonchev–Trinajstić information content (AvgIpc) is 2.49. The maximum atomic E-state index is 13.0. The summed E-state index contributed by atoms with van der Waals surface area (Å²) in [7, 11) is 0. The molecule has 0 fully saturated rings. The number of aromatic nitrogens is 1. The minimum atomic E-state index is -0.452. The number of halogens is 2. The zero-order valence-electron chi connectivity index (χ0n) is 10.8. The number of hydrogen-bond acceptors (Lipinski definition) is 2. The predicted molar refractivity (Wildman–Crippen MR) is 81.1 cm³/mol. The molecule has 0 unspecified atom stereocenters. The third-order valence-electron chi connectivity index (χ3n) is 3.07. The Balaban J connectivity index is 1.97. The first-order valence-corrected chi connectivity index (χ1v) is 6.63. The second kappa shape index (κ2) is 5.50. The Kier molecular flexibility index (Phi) is 3.54. The minimum Gasteiger partial charge on any atom is -0.321 e. The molecule has 0 saturated carbocycles. The van der Waals surface area contributed by atoms with E-state index in [-0.39, 0.29) is 10.9 Å². The SMILES string of the molecule is O=C(Nc1ccc(F)cc1Cl)c1cccc2ncccc12. The van der Waals surface area contributed by atoms with E-state index in [0.29, 0.717) is 11.3 Å². The fraction of sp³-hybridized carbons (Fsp3) is 0. The first-order valence-electron chi connectivity index (χ1n) is 6.25. The predicted octanol–water partition coefficient (Wildman–Crippen LogP) is 4.28. The molecule has 1 heterocycles. The van der Waals surface area contributed by atoms with Gasteiger partial charge < -0.3 is 5.32 Å². The maximum absolute atomic E-state index is 13.0. The van der Waals surface area contributed by atoms with Crippen LogP contribution in [0, 0.1) is 5.82 Å². The molecular formula is C16H10ClFN2O. The quantitative estimate of drug-likeness (QED) is 0.767. The highest BCUT2D eigenvalue weighted by Gasteiger charge is 2.12. The van der Waals surface area contributed by atoms with Crippen molar-refractivity contribution < 1.29 is 9.18 Å². The van der Waals surface area contributed by atoms with Crippen LogP contribution in [0.25, 0.3) is 10.9 Å². The van der Waals surface area contributed by atoms with Crippen LogP contribution < -0.4 is 5.32 Å². The fourth-order valence-electron chi connectivity index (χ4n) is 2.08. The van der Waals surface area contributed by atoms with Crippen molar-refractivity contribution >= 4 is 34.1 Å². The second-order valence-corrected chi connectivity index (χ2v) is 4.86. The first kappa shape index (κ1) is 13.5. The van der Waals surface area contributed by atoms with Crippen LogP contribution in [0.3, 0.4) is 0 Å². The maximum Gasteiger partial charge on any atom is 0.256 e. The van der Waals surface area contributed by atoms with E-state index in [1.807, 2.05) is 12.1 Å². The van der Waals surface area contributed by atoms with Crippen molar-refractivity contribution in [3.63, 3.8) is 0 Å². The lowest BCUT2D eigenvalue weighted by atomic mass is 10.1. The number of nitrogens with one attached hydrogen (secondary N) is 1. The molecule has 1 amide bonds. The molecule has 0 spiro atoms. The summed E-state index contributed by atoms with van der Waals surface area (Å²) in [6.45, 7) is 0. The molecule has 104 valence electrons. The number of carbonyl (C=O) groups excluding carboxylic acids is 1. The lowest BCUT2D eigenvalue weighted by Gasteiger charge is -2.09. The van der Waals surface area contributed by atoms with Crippen LogP contribution >= 0.6 is 11.6 Å². The number of benzene rings is 2. The molecular weight excluding hydrogens is 291 g/mol. The zero-order valence-corrected chi connectivity index (χ0v) is 11.6. The summed E-state index contributed by atoms with van der Waals surface area (Å²) in [5, 5.41) is 3.58. The van der Waals surface area contributed by atoms with E-state index in [1.165, 1.54) is 12.1 Å². The Labute approximate surface area is 125 Å². The molecule has 0 aliphatic carbocycles. The summed E-state index contributed by atoms with van der Waals surface area (Å²) >= 11 is 5.91. The summed E-state index contributed by atoms with van der Waals surface area (Å²) in [4.78, 5) is 16.6. The Morgan fingerprint density at radius 1 is 1.14 bits per heavy atom. The van der Waals surface area contributed by atoms with Gasteiger partial charge in [-0.25, -0.2) is 4.39 Å². The van der Waals surface area contributed by atoms with E-state index in [9.17, 15) is 9.18 Å². The van der Waals surface area contributed by atoms with Gasteiger partial charge in [0, 0.05) is 17.1 Å². The number of anilines is 1. The Morgan fingerprint density at radius 3 is 2.81 bits per heavy atom. The minimum absolute atomic E-state index is 0.154. The van der Waals surface area contributed by atoms with Crippen LogP contribution in [0.1, 0.15) is 10.4 Å². The van der Waals surface area contributed by atoms with E-state index in [4.69, 9.17) is 11.6 Å². The molecule has 3 nitrogen and oxygen atoms in total. The smallest absolute Gasteiger partial charge is 0.256 e. The van der Waals surface area contributed by atoms with Crippen LogP contribution in [-0.4, -0.2) is 10.9 Å². The number of nitrogens with zero attached hydrogens (tertiary/aromatic N) is 1. The zero-order chi connectivity index (χ0) is 14.8. The molecule has 2 aromatic carbocycles.